The Morgan fingerprint density at radius 2 is 2.11 bits per heavy atom. The van der Waals surface area contributed by atoms with E-state index in [1.165, 1.54) is 9.09 Å². The van der Waals surface area contributed by atoms with E-state index >= 15 is 0 Å². The third kappa shape index (κ3) is 3.43. The number of hydrogen-bond acceptors (Lipinski definition) is 1. The molecular weight excluding hydrogens is 371 g/mol. The first kappa shape index (κ1) is 15.1. The molecule has 0 aliphatic heterocycles. The van der Waals surface area contributed by atoms with Crippen molar-refractivity contribution in [2.75, 3.05) is 5.88 Å². The summed E-state index contributed by atoms with van der Waals surface area (Å²) in [6.45, 7) is 7.84. The van der Waals surface area contributed by atoms with Gasteiger partial charge in [-0.05, 0) is 52.6 Å². The van der Waals surface area contributed by atoms with Crippen LogP contribution in [0, 0.1) is 8.99 Å². The summed E-state index contributed by atoms with van der Waals surface area (Å²) in [6.07, 6.45) is 1.98. The van der Waals surface area contributed by atoms with E-state index in [0.29, 0.717) is 5.88 Å². The maximum Gasteiger partial charge on any atom is 0.111 e. The SMILES string of the molecule is CCC(C)(C)Cn1c(CCCl)nc2cc(I)ccc21. The molecule has 2 rings (SSSR count). The first-order valence-corrected chi connectivity index (χ1v) is 8.29. The molecule has 0 N–H and O–H groups in total. The number of benzene rings is 1. The fourth-order valence-electron chi connectivity index (χ4n) is 2.14. The van der Waals surface area contributed by atoms with Crippen molar-refractivity contribution >= 4 is 45.2 Å². The molecule has 0 spiro atoms. The zero-order valence-electron chi connectivity index (χ0n) is 11.7. The summed E-state index contributed by atoms with van der Waals surface area (Å²) in [5, 5.41) is 0. The van der Waals surface area contributed by atoms with Crippen molar-refractivity contribution in [1.82, 2.24) is 9.55 Å². The summed E-state index contributed by atoms with van der Waals surface area (Å²) in [4.78, 5) is 4.76. The average Bonchev–Trinajstić information content (AvgIpc) is 2.67. The second kappa shape index (κ2) is 6.00. The van der Waals surface area contributed by atoms with Crippen LogP contribution in [0.4, 0.5) is 0 Å². The van der Waals surface area contributed by atoms with Crippen LogP contribution in [-0.4, -0.2) is 15.4 Å². The molecule has 0 saturated heterocycles. The minimum Gasteiger partial charge on any atom is -0.327 e. The van der Waals surface area contributed by atoms with Crippen molar-refractivity contribution in [2.45, 2.75) is 40.2 Å². The van der Waals surface area contributed by atoms with Crippen molar-refractivity contribution < 1.29 is 0 Å². The van der Waals surface area contributed by atoms with Gasteiger partial charge in [-0.15, -0.1) is 11.6 Å². The van der Waals surface area contributed by atoms with Crippen molar-refractivity contribution in [2.24, 2.45) is 5.41 Å². The number of hydrogen-bond donors (Lipinski definition) is 0. The summed E-state index contributed by atoms with van der Waals surface area (Å²) < 4.78 is 3.57. The molecule has 1 aromatic carbocycles. The van der Waals surface area contributed by atoms with E-state index in [2.05, 4.69) is 66.1 Å². The van der Waals surface area contributed by atoms with Crippen LogP contribution < -0.4 is 0 Å². The number of fused-ring (bicyclic) bond motifs is 1. The molecule has 0 aliphatic carbocycles. The minimum absolute atomic E-state index is 0.275. The van der Waals surface area contributed by atoms with Crippen LogP contribution in [0.3, 0.4) is 0 Å². The van der Waals surface area contributed by atoms with E-state index in [4.69, 9.17) is 16.6 Å². The summed E-state index contributed by atoms with van der Waals surface area (Å²) in [5.41, 5.74) is 2.58. The van der Waals surface area contributed by atoms with Crippen molar-refractivity contribution in [3.05, 3.63) is 27.6 Å². The van der Waals surface area contributed by atoms with E-state index in [1.807, 2.05) is 0 Å². The summed E-state index contributed by atoms with van der Waals surface area (Å²) in [7, 11) is 0. The molecule has 1 heterocycles. The third-order valence-electron chi connectivity index (χ3n) is 3.65. The highest BCUT2D eigenvalue weighted by molar-refractivity contribution is 14.1. The Bertz CT molecular complexity index is 575. The number of rotatable bonds is 5. The van der Waals surface area contributed by atoms with Gasteiger partial charge in [-0.1, -0.05) is 20.8 Å². The molecule has 0 bridgehead atoms. The Morgan fingerprint density at radius 1 is 1.37 bits per heavy atom. The predicted molar refractivity (Wildman–Crippen MR) is 90.9 cm³/mol. The standard InChI is InChI=1S/C15H20ClIN2/c1-4-15(2,3)10-19-13-6-5-11(17)9-12(13)18-14(19)7-8-16/h5-6,9H,4,7-8,10H2,1-3H3. The third-order valence-corrected chi connectivity index (χ3v) is 4.51. The lowest BCUT2D eigenvalue weighted by molar-refractivity contribution is 0.294. The molecule has 0 radical (unpaired) electrons. The Hall–Kier alpha value is -0.290. The van der Waals surface area contributed by atoms with Gasteiger partial charge < -0.3 is 4.57 Å². The highest BCUT2D eigenvalue weighted by Gasteiger charge is 2.20. The van der Waals surface area contributed by atoms with Gasteiger partial charge in [0.1, 0.15) is 5.82 Å². The number of halogens is 2. The molecule has 0 fully saturated rings. The Balaban J connectivity index is 2.52. The molecule has 2 aromatic rings. The van der Waals surface area contributed by atoms with Crippen LogP contribution in [0.5, 0.6) is 0 Å². The maximum absolute atomic E-state index is 5.92. The van der Waals surface area contributed by atoms with Crippen LogP contribution in [0.15, 0.2) is 18.2 Å². The molecule has 19 heavy (non-hydrogen) atoms. The van der Waals surface area contributed by atoms with Gasteiger partial charge in [0.15, 0.2) is 0 Å². The number of aryl methyl sites for hydroxylation is 1. The first-order valence-electron chi connectivity index (χ1n) is 6.67. The van der Waals surface area contributed by atoms with Crippen LogP contribution in [0.2, 0.25) is 0 Å². The van der Waals surface area contributed by atoms with Gasteiger partial charge in [-0.25, -0.2) is 4.98 Å². The molecule has 0 unspecified atom stereocenters. The molecule has 2 nitrogen and oxygen atoms in total. The van der Waals surface area contributed by atoms with Crippen LogP contribution in [-0.2, 0) is 13.0 Å². The fraction of sp³-hybridized carbons (Fsp3) is 0.533. The van der Waals surface area contributed by atoms with Gasteiger partial charge in [0.25, 0.3) is 0 Å². The Labute approximate surface area is 133 Å². The summed E-state index contributed by atoms with van der Waals surface area (Å²) in [6, 6.07) is 6.46. The number of imidazole rings is 1. The summed E-state index contributed by atoms with van der Waals surface area (Å²) >= 11 is 8.25. The van der Waals surface area contributed by atoms with Gasteiger partial charge in [-0.3, -0.25) is 0 Å². The van der Waals surface area contributed by atoms with E-state index in [-0.39, 0.29) is 5.41 Å². The fourth-order valence-corrected chi connectivity index (χ4v) is 2.79. The van der Waals surface area contributed by atoms with Crippen molar-refractivity contribution in [3.8, 4) is 0 Å². The number of nitrogens with zero attached hydrogens (tertiary/aromatic N) is 2. The number of aromatic nitrogens is 2. The highest BCUT2D eigenvalue weighted by atomic mass is 127. The molecule has 104 valence electrons. The van der Waals surface area contributed by atoms with Crippen molar-refractivity contribution in [1.29, 1.82) is 0 Å². The maximum atomic E-state index is 5.92. The van der Waals surface area contributed by atoms with Gasteiger partial charge in [0, 0.05) is 22.4 Å². The van der Waals surface area contributed by atoms with Gasteiger partial charge >= 0.3 is 0 Å². The van der Waals surface area contributed by atoms with E-state index in [9.17, 15) is 0 Å². The lowest BCUT2D eigenvalue weighted by atomic mass is 9.90. The molecule has 0 aliphatic rings. The molecular formula is C15H20ClIN2. The first-order chi connectivity index (χ1) is 8.96. The average molecular weight is 391 g/mol. The van der Waals surface area contributed by atoms with Crippen LogP contribution in [0.1, 0.15) is 33.0 Å². The molecule has 0 atom stereocenters. The Kier molecular flexibility index (Phi) is 4.77. The molecule has 4 heteroatoms. The van der Waals surface area contributed by atoms with Gasteiger partial charge in [-0.2, -0.15) is 0 Å². The highest BCUT2D eigenvalue weighted by Crippen LogP contribution is 2.27. The lowest BCUT2D eigenvalue weighted by Crippen LogP contribution is -2.20. The molecule has 0 saturated carbocycles. The number of alkyl halides is 1. The Morgan fingerprint density at radius 3 is 2.74 bits per heavy atom. The summed E-state index contributed by atoms with van der Waals surface area (Å²) in [5.74, 6) is 1.72. The topological polar surface area (TPSA) is 17.8 Å². The van der Waals surface area contributed by atoms with Crippen LogP contribution in [0.25, 0.3) is 11.0 Å². The largest absolute Gasteiger partial charge is 0.327 e. The second-order valence-corrected chi connectivity index (χ2v) is 7.33. The molecule has 1 aromatic heterocycles. The van der Waals surface area contributed by atoms with E-state index in [0.717, 1.165) is 30.7 Å². The van der Waals surface area contributed by atoms with Gasteiger partial charge in [0.05, 0.1) is 11.0 Å². The normalized spacial score (nSPS) is 12.3. The predicted octanol–water partition coefficient (Wildman–Crippen LogP) is 4.86. The quantitative estimate of drug-likeness (QED) is 0.527. The van der Waals surface area contributed by atoms with Crippen LogP contribution >= 0.6 is 34.2 Å². The minimum atomic E-state index is 0.275. The second-order valence-electron chi connectivity index (χ2n) is 5.70. The molecule has 0 amide bonds. The zero-order chi connectivity index (χ0) is 14.0. The monoisotopic (exact) mass is 390 g/mol. The van der Waals surface area contributed by atoms with E-state index in [1.54, 1.807) is 0 Å². The van der Waals surface area contributed by atoms with Crippen molar-refractivity contribution in [3.63, 3.8) is 0 Å². The lowest BCUT2D eigenvalue weighted by Gasteiger charge is -2.24. The van der Waals surface area contributed by atoms with Gasteiger partial charge in [0.2, 0.25) is 0 Å². The smallest absolute Gasteiger partial charge is 0.111 e. The zero-order valence-corrected chi connectivity index (χ0v) is 14.6. The van der Waals surface area contributed by atoms with E-state index < -0.39 is 0 Å².